The van der Waals surface area contributed by atoms with Crippen molar-refractivity contribution in [2.45, 2.75) is 54.0 Å². The summed E-state index contributed by atoms with van der Waals surface area (Å²) in [7, 11) is 3.05. The van der Waals surface area contributed by atoms with E-state index in [4.69, 9.17) is 4.74 Å². The van der Waals surface area contributed by atoms with E-state index >= 15 is 0 Å². The minimum absolute atomic E-state index is 0.0397. The number of hydrogen-bond donors (Lipinski definition) is 0. The molecule has 0 aliphatic carbocycles. The van der Waals surface area contributed by atoms with Crippen LogP contribution in [0, 0.1) is 19.8 Å². The van der Waals surface area contributed by atoms with E-state index in [0.29, 0.717) is 29.1 Å². The third-order valence-corrected chi connectivity index (χ3v) is 4.64. The van der Waals surface area contributed by atoms with Gasteiger partial charge in [-0.2, -0.15) is 0 Å². The van der Waals surface area contributed by atoms with E-state index in [2.05, 4.69) is 0 Å². The Labute approximate surface area is 150 Å². The lowest BCUT2D eigenvalue weighted by molar-refractivity contribution is -0.135. The van der Waals surface area contributed by atoms with Gasteiger partial charge in [0.05, 0.1) is 13.2 Å². The summed E-state index contributed by atoms with van der Waals surface area (Å²) in [6.45, 7) is 11.5. The summed E-state index contributed by atoms with van der Waals surface area (Å²) in [6, 6.07) is -0.583. The average Bonchev–Trinajstić information content (AvgIpc) is 2.79. The molecule has 0 aromatic carbocycles. The van der Waals surface area contributed by atoms with E-state index in [1.54, 1.807) is 37.3 Å². The Kier molecular flexibility index (Phi) is 6.96. The average molecular weight is 350 g/mol. The molecule has 1 rings (SSSR count). The highest BCUT2D eigenvalue weighted by Crippen LogP contribution is 2.25. The fourth-order valence-corrected chi connectivity index (χ4v) is 3.14. The highest BCUT2D eigenvalue weighted by molar-refractivity contribution is 6.06. The third kappa shape index (κ3) is 3.94. The lowest BCUT2D eigenvalue weighted by Crippen LogP contribution is -2.45. The SMILES string of the molecule is CCCN(C(=O)C(C)C)C(C)C(=O)c1c(C)c(C(=O)OC)n(C)c1C. The second-order valence-corrected chi connectivity index (χ2v) is 6.71. The second-order valence-electron chi connectivity index (χ2n) is 6.71. The Bertz CT molecular complexity index is 673. The van der Waals surface area contributed by atoms with Crippen molar-refractivity contribution < 1.29 is 19.1 Å². The number of amides is 1. The largest absolute Gasteiger partial charge is 0.464 e. The van der Waals surface area contributed by atoms with Crippen LogP contribution in [0.4, 0.5) is 0 Å². The molecule has 0 aliphatic rings. The van der Waals surface area contributed by atoms with Crippen LogP contribution in [0.15, 0.2) is 0 Å². The van der Waals surface area contributed by atoms with Crippen molar-refractivity contribution in [2.24, 2.45) is 13.0 Å². The zero-order valence-corrected chi connectivity index (χ0v) is 16.6. The Balaban J connectivity index is 3.34. The molecule has 1 aromatic heterocycles. The molecule has 0 saturated carbocycles. The minimum Gasteiger partial charge on any atom is -0.464 e. The number of methoxy groups -OCH3 is 1. The van der Waals surface area contributed by atoms with Gasteiger partial charge in [-0.25, -0.2) is 4.79 Å². The normalized spacial score (nSPS) is 12.2. The molecule has 1 unspecified atom stereocenters. The number of esters is 1. The van der Waals surface area contributed by atoms with Crippen LogP contribution in [0.3, 0.4) is 0 Å². The van der Waals surface area contributed by atoms with Gasteiger partial charge in [0.15, 0.2) is 5.78 Å². The van der Waals surface area contributed by atoms with Crippen molar-refractivity contribution in [3.63, 3.8) is 0 Å². The zero-order valence-electron chi connectivity index (χ0n) is 16.6. The van der Waals surface area contributed by atoms with E-state index in [9.17, 15) is 14.4 Å². The van der Waals surface area contributed by atoms with Crippen LogP contribution < -0.4 is 0 Å². The predicted octanol–water partition coefficient (Wildman–Crippen LogP) is 2.89. The Morgan fingerprint density at radius 2 is 1.72 bits per heavy atom. The van der Waals surface area contributed by atoms with Gasteiger partial charge in [0.1, 0.15) is 5.69 Å². The quantitative estimate of drug-likeness (QED) is 0.560. The zero-order chi connectivity index (χ0) is 19.5. The van der Waals surface area contributed by atoms with Crippen LogP contribution in [0.2, 0.25) is 0 Å². The molecule has 1 atom stereocenters. The van der Waals surface area contributed by atoms with E-state index in [-0.39, 0.29) is 17.6 Å². The Hall–Kier alpha value is -2.11. The second kappa shape index (κ2) is 8.32. The Morgan fingerprint density at radius 3 is 2.16 bits per heavy atom. The number of ketones is 1. The van der Waals surface area contributed by atoms with E-state index in [1.807, 2.05) is 20.8 Å². The first-order valence-corrected chi connectivity index (χ1v) is 8.68. The molecule has 6 heteroatoms. The number of carbonyl (C=O) groups excluding carboxylic acids is 3. The van der Waals surface area contributed by atoms with Crippen molar-refractivity contribution in [1.29, 1.82) is 0 Å². The van der Waals surface area contributed by atoms with Crippen LogP contribution in [-0.2, 0) is 16.6 Å². The van der Waals surface area contributed by atoms with Gasteiger partial charge in [-0.3, -0.25) is 9.59 Å². The van der Waals surface area contributed by atoms with Crippen molar-refractivity contribution in [2.75, 3.05) is 13.7 Å². The summed E-state index contributed by atoms with van der Waals surface area (Å²) >= 11 is 0. The van der Waals surface area contributed by atoms with Crippen LogP contribution in [0.25, 0.3) is 0 Å². The highest BCUT2D eigenvalue weighted by Gasteiger charge is 2.32. The van der Waals surface area contributed by atoms with Crippen LogP contribution in [0.1, 0.15) is 66.2 Å². The van der Waals surface area contributed by atoms with Gasteiger partial charge in [0, 0.05) is 30.8 Å². The summed E-state index contributed by atoms with van der Waals surface area (Å²) in [4.78, 5) is 39.3. The standard InChI is InChI=1S/C19H30N2O4/c1-9-10-21(18(23)11(2)3)14(6)17(22)15-12(4)16(19(24)25-8)20(7)13(15)5/h11,14H,9-10H2,1-8H3. The van der Waals surface area contributed by atoms with Crippen molar-refractivity contribution in [3.05, 3.63) is 22.5 Å². The first kappa shape index (κ1) is 20.9. The smallest absolute Gasteiger partial charge is 0.354 e. The maximum Gasteiger partial charge on any atom is 0.354 e. The number of aromatic nitrogens is 1. The van der Waals surface area contributed by atoms with Gasteiger partial charge >= 0.3 is 5.97 Å². The molecule has 1 heterocycles. The summed E-state index contributed by atoms with van der Waals surface area (Å²) in [5, 5.41) is 0. The molecule has 1 amide bonds. The molecule has 140 valence electrons. The van der Waals surface area contributed by atoms with E-state index in [0.717, 1.165) is 6.42 Å². The van der Waals surface area contributed by atoms with Crippen LogP contribution in [-0.4, -0.2) is 46.8 Å². The van der Waals surface area contributed by atoms with Gasteiger partial charge in [0.25, 0.3) is 0 Å². The molecule has 0 spiro atoms. The maximum absolute atomic E-state index is 13.1. The van der Waals surface area contributed by atoms with Gasteiger partial charge in [-0.15, -0.1) is 0 Å². The summed E-state index contributed by atoms with van der Waals surface area (Å²) in [5.41, 5.74) is 2.15. The van der Waals surface area contributed by atoms with Crippen LogP contribution in [0.5, 0.6) is 0 Å². The number of rotatable bonds is 7. The summed E-state index contributed by atoms with van der Waals surface area (Å²) in [6.07, 6.45) is 0.774. The molecule has 25 heavy (non-hydrogen) atoms. The monoisotopic (exact) mass is 350 g/mol. The molecule has 0 fully saturated rings. The van der Waals surface area contributed by atoms with Gasteiger partial charge in [-0.05, 0) is 32.8 Å². The molecule has 0 aliphatic heterocycles. The minimum atomic E-state index is -0.583. The van der Waals surface area contributed by atoms with Crippen molar-refractivity contribution in [1.82, 2.24) is 9.47 Å². The summed E-state index contributed by atoms with van der Waals surface area (Å²) < 4.78 is 6.50. The van der Waals surface area contributed by atoms with Gasteiger partial charge in [0.2, 0.25) is 5.91 Å². The molecule has 6 nitrogen and oxygen atoms in total. The van der Waals surface area contributed by atoms with Gasteiger partial charge in [-0.1, -0.05) is 20.8 Å². The third-order valence-electron chi connectivity index (χ3n) is 4.64. The van der Waals surface area contributed by atoms with E-state index in [1.165, 1.54) is 7.11 Å². The Morgan fingerprint density at radius 1 is 1.16 bits per heavy atom. The molecule has 0 radical (unpaired) electrons. The van der Waals surface area contributed by atoms with Crippen molar-refractivity contribution in [3.8, 4) is 0 Å². The number of Topliss-reactive ketones (excluding diaryl/α,β-unsaturated/α-hetero) is 1. The first-order chi connectivity index (χ1) is 11.6. The van der Waals surface area contributed by atoms with Crippen molar-refractivity contribution >= 4 is 17.7 Å². The topological polar surface area (TPSA) is 68.6 Å². The molecule has 0 bridgehead atoms. The van der Waals surface area contributed by atoms with Gasteiger partial charge < -0.3 is 14.2 Å². The molecule has 0 N–H and O–H groups in total. The highest BCUT2D eigenvalue weighted by atomic mass is 16.5. The lowest BCUT2D eigenvalue weighted by Gasteiger charge is -2.30. The number of carbonyl (C=O) groups is 3. The number of hydrogen-bond acceptors (Lipinski definition) is 4. The molecule has 0 saturated heterocycles. The van der Waals surface area contributed by atoms with E-state index < -0.39 is 12.0 Å². The first-order valence-electron chi connectivity index (χ1n) is 8.68. The predicted molar refractivity (Wildman–Crippen MR) is 96.9 cm³/mol. The number of nitrogens with zero attached hydrogens (tertiary/aromatic N) is 2. The fraction of sp³-hybridized carbons (Fsp3) is 0.632. The maximum atomic E-state index is 13.1. The lowest BCUT2D eigenvalue weighted by atomic mass is 9.99. The summed E-state index contributed by atoms with van der Waals surface area (Å²) in [5.74, 6) is -0.839. The molecule has 1 aromatic rings. The van der Waals surface area contributed by atoms with Crippen LogP contribution >= 0.6 is 0 Å². The fourth-order valence-electron chi connectivity index (χ4n) is 3.14. The molecular weight excluding hydrogens is 320 g/mol. The number of ether oxygens (including phenoxy) is 1. The molecular formula is C19H30N2O4.